The summed E-state index contributed by atoms with van der Waals surface area (Å²) in [5.41, 5.74) is 3.96. The van der Waals surface area contributed by atoms with E-state index in [-0.39, 0.29) is 17.9 Å². The largest absolute Gasteiger partial charge is 0.507 e. The molecule has 0 bridgehead atoms. The molecule has 1 aliphatic rings. The quantitative estimate of drug-likeness (QED) is 0.244. The van der Waals surface area contributed by atoms with E-state index < -0.39 is 17.7 Å². The zero-order valence-corrected chi connectivity index (χ0v) is 21.2. The number of aliphatic hydroxyl groups is 1. The predicted octanol–water partition coefficient (Wildman–Crippen LogP) is 5.92. The average molecular weight is 485 g/mol. The maximum absolute atomic E-state index is 13.3. The number of hydrogen-bond acceptors (Lipinski definition) is 5. The van der Waals surface area contributed by atoms with E-state index in [0.29, 0.717) is 23.8 Å². The van der Waals surface area contributed by atoms with Crippen LogP contribution in [-0.4, -0.2) is 33.3 Å². The van der Waals surface area contributed by atoms with E-state index >= 15 is 0 Å². The highest BCUT2D eigenvalue weighted by atomic mass is 16.5. The van der Waals surface area contributed by atoms with E-state index in [0.717, 1.165) is 28.9 Å². The molecule has 1 saturated heterocycles. The first-order valence-corrected chi connectivity index (χ1v) is 12.3. The third-order valence-corrected chi connectivity index (χ3v) is 6.43. The lowest BCUT2D eigenvalue weighted by Crippen LogP contribution is -2.29. The molecular formula is C30H32N2O4. The van der Waals surface area contributed by atoms with Crippen molar-refractivity contribution in [2.45, 2.75) is 52.6 Å². The zero-order chi connectivity index (χ0) is 25.8. The van der Waals surface area contributed by atoms with Gasteiger partial charge in [0, 0.05) is 11.8 Å². The molecular weight excluding hydrogens is 452 g/mol. The fraction of sp³-hybridized carbons (Fsp3) is 0.300. The normalized spacial score (nSPS) is 17.1. The van der Waals surface area contributed by atoms with Crippen LogP contribution in [0.5, 0.6) is 5.75 Å². The number of likely N-dealkylation sites (tertiary alicyclic amines) is 1. The molecule has 1 fully saturated rings. The number of aliphatic hydroxyl groups excluding tert-OH is 1. The molecule has 6 nitrogen and oxygen atoms in total. The van der Waals surface area contributed by atoms with Crippen molar-refractivity contribution in [3.05, 3.63) is 100 Å². The Morgan fingerprint density at radius 1 is 1.08 bits per heavy atom. The topological polar surface area (TPSA) is 79.7 Å². The highest BCUT2D eigenvalue weighted by Crippen LogP contribution is 2.41. The van der Waals surface area contributed by atoms with Gasteiger partial charge in [-0.05, 0) is 66.3 Å². The molecule has 1 N–H and O–H groups in total. The fourth-order valence-electron chi connectivity index (χ4n) is 4.45. The molecule has 0 saturated carbocycles. The van der Waals surface area contributed by atoms with Crippen molar-refractivity contribution >= 4 is 17.4 Å². The molecule has 3 aromatic rings. The van der Waals surface area contributed by atoms with Crippen molar-refractivity contribution in [2.75, 3.05) is 6.61 Å². The second-order valence-corrected chi connectivity index (χ2v) is 9.40. The molecule has 0 spiro atoms. The Balaban J connectivity index is 1.81. The Morgan fingerprint density at radius 2 is 1.83 bits per heavy atom. The van der Waals surface area contributed by atoms with Gasteiger partial charge in [0.2, 0.25) is 0 Å². The minimum absolute atomic E-state index is 0.0786. The van der Waals surface area contributed by atoms with Crippen molar-refractivity contribution in [3.63, 3.8) is 0 Å². The summed E-state index contributed by atoms with van der Waals surface area (Å²) >= 11 is 0. The van der Waals surface area contributed by atoms with Crippen molar-refractivity contribution in [2.24, 2.45) is 0 Å². The predicted molar refractivity (Wildman–Crippen MR) is 140 cm³/mol. The third-order valence-electron chi connectivity index (χ3n) is 6.43. The van der Waals surface area contributed by atoms with Crippen LogP contribution in [-0.2, 0) is 16.1 Å². The van der Waals surface area contributed by atoms with Gasteiger partial charge in [0.15, 0.2) is 0 Å². The maximum Gasteiger partial charge on any atom is 0.296 e. The van der Waals surface area contributed by atoms with Crippen molar-refractivity contribution < 1.29 is 19.4 Å². The Labute approximate surface area is 212 Å². The van der Waals surface area contributed by atoms with Crippen LogP contribution in [0.1, 0.15) is 67.1 Å². The van der Waals surface area contributed by atoms with Gasteiger partial charge in [-0.2, -0.15) is 0 Å². The molecule has 36 heavy (non-hydrogen) atoms. The number of carbonyl (C=O) groups is 2. The second kappa shape index (κ2) is 10.8. The van der Waals surface area contributed by atoms with Gasteiger partial charge in [-0.3, -0.25) is 14.6 Å². The molecule has 1 unspecified atom stereocenters. The summed E-state index contributed by atoms with van der Waals surface area (Å²) < 4.78 is 5.75. The minimum atomic E-state index is -0.732. The van der Waals surface area contributed by atoms with Gasteiger partial charge in [-0.15, -0.1) is 0 Å². The van der Waals surface area contributed by atoms with Crippen molar-refractivity contribution in [3.8, 4) is 5.75 Å². The van der Waals surface area contributed by atoms with Crippen LogP contribution in [0.2, 0.25) is 0 Å². The van der Waals surface area contributed by atoms with Crippen LogP contribution in [0, 0.1) is 6.92 Å². The number of aromatic nitrogens is 1. The fourth-order valence-corrected chi connectivity index (χ4v) is 4.45. The molecule has 4 rings (SSSR count). The van der Waals surface area contributed by atoms with Gasteiger partial charge in [0.05, 0.1) is 30.5 Å². The summed E-state index contributed by atoms with van der Waals surface area (Å²) in [6.07, 6.45) is 2.54. The molecule has 0 radical (unpaired) electrons. The number of amides is 1. The SMILES string of the molecule is CCCOc1ccc(/C(O)=C2/C(=O)C(=O)N(Cc3ccccn3)C2c2ccc(C(C)C)cc2)cc1C. The van der Waals surface area contributed by atoms with Gasteiger partial charge >= 0.3 is 0 Å². The highest BCUT2D eigenvalue weighted by Gasteiger charge is 2.46. The molecule has 1 aromatic heterocycles. The average Bonchev–Trinajstić information content (AvgIpc) is 3.13. The first-order valence-electron chi connectivity index (χ1n) is 12.3. The van der Waals surface area contributed by atoms with Crippen LogP contribution < -0.4 is 4.74 Å². The number of aryl methyl sites for hydroxylation is 1. The van der Waals surface area contributed by atoms with Gasteiger partial charge in [-0.25, -0.2) is 0 Å². The van der Waals surface area contributed by atoms with Gasteiger partial charge in [0.25, 0.3) is 11.7 Å². The van der Waals surface area contributed by atoms with Gasteiger partial charge in [-0.1, -0.05) is 51.1 Å². The lowest BCUT2D eigenvalue weighted by Gasteiger charge is -2.25. The Kier molecular flexibility index (Phi) is 7.53. The molecule has 2 aromatic carbocycles. The van der Waals surface area contributed by atoms with Crippen LogP contribution in [0.3, 0.4) is 0 Å². The summed E-state index contributed by atoms with van der Waals surface area (Å²) in [6, 6.07) is 17.9. The summed E-state index contributed by atoms with van der Waals surface area (Å²) in [5, 5.41) is 11.4. The summed E-state index contributed by atoms with van der Waals surface area (Å²) in [4.78, 5) is 32.4. The molecule has 6 heteroatoms. The lowest BCUT2D eigenvalue weighted by atomic mass is 9.93. The summed E-state index contributed by atoms with van der Waals surface area (Å²) in [5.74, 6) is -0.481. The monoisotopic (exact) mass is 484 g/mol. The lowest BCUT2D eigenvalue weighted by molar-refractivity contribution is -0.140. The number of ketones is 1. The van der Waals surface area contributed by atoms with E-state index in [1.54, 1.807) is 30.5 Å². The molecule has 2 heterocycles. The Bertz CT molecular complexity index is 1280. The number of carbonyl (C=O) groups excluding carboxylic acids is 2. The zero-order valence-electron chi connectivity index (χ0n) is 21.2. The minimum Gasteiger partial charge on any atom is -0.507 e. The van der Waals surface area contributed by atoms with Crippen LogP contribution in [0.25, 0.3) is 5.76 Å². The molecule has 1 atom stereocenters. The van der Waals surface area contributed by atoms with Gasteiger partial charge in [0.1, 0.15) is 11.5 Å². The van der Waals surface area contributed by atoms with E-state index in [4.69, 9.17) is 4.74 Å². The van der Waals surface area contributed by atoms with E-state index in [2.05, 4.69) is 18.8 Å². The number of hydrogen-bond donors (Lipinski definition) is 1. The van der Waals surface area contributed by atoms with Crippen LogP contribution in [0.4, 0.5) is 0 Å². The van der Waals surface area contributed by atoms with Gasteiger partial charge < -0.3 is 14.7 Å². The maximum atomic E-state index is 13.3. The molecule has 1 amide bonds. The highest BCUT2D eigenvalue weighted by molar-refractivity contribution is 6.46. The van der Waals surface area contributed by atoms with Crippen molar-refractivity contribution in [1.29, 1.82) is 0 Å². The number of Topliss-reactive ketones (excluding diaryl/α,β-unsaturated/α-hetero) is 1. The number of benzene rings is 2. The molecule has 186 valence electrons. The number of pyridine rings is 1. The molecule has 1 aliphatic heterocycles. The van der Waals surface area contributed by atoms with E-state index in [1.807, 2.05) is 50.2 Å². The van der Waals surface area contributed by atoms with Crippen LogP contribution in [0.15, 0.2) is 72.4 Å². The number of rotatable bonds is 8. The smallest absolute Gasteiger partial charge is 0.296 e. The first kappa shape index (κ1) is 25.2. The standard InChI is InChI=1S/C30H32N2O4/c1-5-16-36-25-14-13-23(17-20(25)4)28(33)26-27(22-11-9-21(10-12-22)19(2)3)32(30(35)29(26)34)18-24-8-6-7-15-31-24/h6-15,17,19,27,33H,5,16,18H2,1-4H3/b28-26-. The van der Waals surface area contributed by atoms with E-state index in [1.165, 1.54) is 4.90 Å². The number of ether oxygens (including phenoxy) is 1. The van der Waals surface area contributed by atoms with Crippen molar-refractivity contribution in [1.82, 2.24) is 9.88 Å². The van der Waals surface area contributed by atoms with Crippen LogP contribution >= 0.6 is 0 Å². The molecule has 0 aliphatic carbocycles. The Morgan fingerprint density at radius 3 is 2.44 bits per heavy atom. The summed E-state index contributed by atoms with van der Waals surface area (Å²) in [7, 11) is 0. The number of nitrogens with zero attached hydrogens (tertiary/aromatic N) is 2. The van der Waals surface area contributed by atoms with E-state index in [9.17, 15) is 14.7 Å². The first-order chi connectivity index (χ1) is 17.3. The second-order valence-electron chi connectivity index (χ2n) is 9.40. The summed E-state index contributed by atoms with van der Waals surface area (Å²) in [6.45, 7) is 8.90. The third kappa shape index (κ3) is 5.03. The Hall–Kier alpha value is -3.93.